The molecule has 5 atom stereocenters. The maximum absolute atomic E-state index is 14.5. The maximum atomic E-state index is 14.5. The predicted molar refractivity (Wildman–Crippen MR) is 132 cm³/mol. The van der Waals surface area contributed by atoms with Crippen molar-refractivity contribution in [3.8, 4) is 16.9 Å². The van der Waals surface area contributed by atoms with Crippen LogP contribution in [0.3, 0.4) is 0 Å². The zero-order valence-electron chi connectivity index (χ0n) is 19.4. The molecular formula is C23H19Cl3F2N6O4. The van der Waals surface area contributed by atoms with Crippen molar-refractivity contribution in [3.63, 3.8) is 0 Å². The summed E-state index contributed by atoms with van der Waals surface area (Å²) in [5, 5.41) is 44.7. The second-order valence-corrected chi connectivity index (χ2v) is 9.83. The molecule has 15 heteroatoms. The largest absolute Gasteiger partial charge is 0.394 e. The summed E-state index contributed by atoms with van der Waals surface area (Å²) in [7, 11) is 0. The molecule has 1 aliphatic rings. The van der Waals surface area contributed by atoms with Crippen molar-refractivity contribution < 1.29 is 28.8 Å². The van der Waals surface area contributed by atoms with Crippen LogP contribution in [0, 0.1) is 18.6 Å². The predicted octanol–water partition coefficient (Wildman–Crippen LogP) is 3.47. The van der Waals surface area contributed by atoms with Gasteiger partial charge in [0.1, 0.15) is 42.0 Å². The lowest BCUT2D eigenvalue weighted by molar-refractivity contribution is -0.210. The summed E-state index contributed by atoms with van der Waals surface area (Å²) in [5.74, 6) is -2.05. The van der Waals surface area contributed by atoms with E-state index in [1.807, 2.05) is 0 Å². The van der Waals surface area contributed by atoms with Gasteiger partial charge in [0.25, 0.3) is 0 Å². The second-order valence-electron chi connectivity index (χ2n) is 8.58. The molecule has 2 aromatic carbocycles. The van der Waals surface area contributed by atoms with Gasteiger partial charge in [0, 0.05) is 10.6 Å². The van der Waals surface area contributed by atoms with E-state index >= 15 is 0 Å². The number of benzene rings is 2. The normalized spacial score (nSPS) is 23.7. The Bertz CT molecular complexity index is 1500. The third-order valence-corrected chi connectivity index (χ3v) is 6.99. The average molecular weight is 588 g/mol. The molecule has 0 saturated carbocycles. The highest BCUT2D eigenvalue weighted by Gasteiger charge is 2.48. The lowest BCUT2D eigenvalue weighted by Gasteiger charge is -2.41. The van der Waals surface area contributed by atoms with Crippen LogP contribution < -0.4 is 0 Å². The van der Waals surface area contributed by atoms with E-state index in [1.54, 1.807) is 25.1 Å². The van der Waals surface area contributed by atoms with Gasteiger partial charge in [-0.2, -0.15) is 5.10 Å². The van der Waals surface area contributed by atoms with Gasteiger partial charge in [-0.1, -0.05) is 40.0 Å². The molecule has 5 rings (SSSR count). The van der Waals surface area contributed by atoms with Crippen LogP contribution in [0.25, 0.3) is 16.9 Å². The Labute approximate surface area is 229 Å². The van der Waals surface area contributed by atoms with E-state index in [4.69, 9.17) is 39.5 Å². The summed E-state index contributed by atoms with van der Waals surface area (Å²) >= 11 is 18.1. The van der Waals surface area contributed by atoms with Crippen molar-refractivity contribution in [2.75, 3.05) is 6.61 Å². The first-order chi connectivity index (χ1) is 18.1. The number of aryl methyl sites for hydroxylation is 1. The first-order valence-corrected chi connectivity index (χ1v) is 12.3. The average Bonchev–Trinajstić information content (AvgIpc) is 3.51. The number of hydrogen-bond donors (Lipinski definition) is 3. The fourth-order valence-corrected chi connectivity index (χ4v) is 4.85. The van der Waals surface area contributed by atoms with E-state index < -0.39 is 53.7 Å². The summed E-state index contributed by atoms with van der Waals surface area (Å²) in [6.07, 6.45) is -4.20. The molecule has 0 aliphatic carbocycles. The first kappa shape index (κ1) is 26.9. The minimum Gasteiger partial charge on any atom is -0.394 e. The number of aromatic nitrogens is 6. The molecule has 38 heavy (non-hydrogen) atoms. The number of hydrogen-bond acceptors (Lipinski definition) is 8. The fraction of sp³-hybridized carbons (Fsp3) is 0.304. The van der Waals surface area contributed by atoms with Gasteiger partial charge in [-0.3, -0.25) is 0 Å². The zero-order chi connectivity index (χ0) is 27.3. The smallest absolute Gasteiger partial charge is 0.178 e. The maximum Gasteiger partial charge on any atom is 0.178 e. The number of ether oxygens (including phenoxy) is 1. The van der Waals surface area contributed by atoms with Gasteiger partial charge in [0.15, 0.2) is 17.5 Å². The molecule has 2 aromatic heterocycles. The van der Waals surface area contributed by atoms with Crippen LogP contribution in [0.15, 0.2) is 36.5 Å². The quantitative estimate of drug-likeness (QED) is 0.303. The summed E-state index contributed by atoms with van der Waals surface area (Å²) in [6.45, 7) is 0.998. The highest BCUT2D eigenvalue weighted by molar-refractivity contribution is 6.34. The van der Waals surface area contributed by atoms with E-state index in [0.29, 0.717) is 21.6 Å². The molecule has 1 fully saturated rings. The molecule has 0 unspecified atom stereocenters. The van der Waals surface area contributed by atoms with Gasteiger partial charge >= 0.3 is 0 Å². The topological polar surface area (TPSA) is 131 Å². The summed E-state index contributed by atoms with van der Waals surface area (Å²) in [6, 6.07) is 5.86. The van der Waals surface area contributed by atoms with Crippen LogP contribution in [0.2, 0.25) is 15.1 Å². The Kier molecular flexibility index (Phi) is 7.40. The molecule has 0 spiro atoms. The number of halogens is 5. The summed E-state index contributed by atoms with van der Waals surface area (Å²) in [5.41, 5.74) is 0.0539. The monoisotopic (exact) mass is 586 g/mol. The molecule has 0 amide bonds. The van der Waals surface area contributed by atoms with Crippen LogP contribution in [0.4, 0.5) is 8.78 Å². The van der Waals surface area contributed by atoms with Crippen molar-refractivity contribution in [2.24, 2.45) is 0 Å². The van der Waals surface area contributed by atoms with E-state index in [-0.39, 0.29) is 17.1 Å². The molecular weight excluding hydrogens is 569 g/mol. The van der Waals surface area contributed by atoms with Crippen molar-refractivity contribution >= 4 is 34.8 Å². The molecule has 0 bridgehead atoms. The van der Waals surface area contributed by atoms with Gasteiger partial charge in [-0.05, 0) is 37.3 Å². The van der Waals surface area contributed by atoms with E-state index in [1.165, 1.54) is 23.0 Å². The Morgan fingerprint density at radius 2 is 1.76 bits per heavy atom. The minimum absolute atomic E-state index is 0.0780. The molecule has 10 nitrogen and oxygen atoms in total. The highest BCUT2D eigenvalue weighted by Crippen LogP contribution is 2.39. The van der Waals surface area contributed by atoms with Crippen LogP contribution in [0.1, 0.15) is 23.8 Å². The van der Waals surface area contributed by atoms with Gasteiger partial charge in [0.2, 0.25) is 0 Å². The molecule has 4 aromatic rings. The van der Waals surface area contributed by atoms with Crippen molar-refractivity contribution in [2.45, 2.75) is 37.4 Å². The van der Waals surface area contributed by atoms with E-state index in [9.17, 15) is 24.1 Å². The van der Waals surface area contributed by atoms with E-state index in [2.05, 4.69) is 20.4 Å². The van der Waals surface area contributed by atoms with Crippen molar-refractivity contribution in [1.29, 1.82) is 0 Å². The Hall–Kier alpha value is -2.71. The van der Waals surface area contributed by atoms with Gasteiger partial charge in [-0.15, -0.1) is 5.10 Å². The number of aliphatic hydroxyl groups excluding tert-OH is 3. The Morgan fingerprint density at radius 1 is 1.03 bits per heavy atom. The lowest BCUT2D eigenvalue weighted by atomic mass is 9.92. The number of aliphatic hydroxyl groups is 3. The van der Waals surface area contributed by atoms with Gasteiger partial charge in [0.05, 0.1) is 28.5 Å². The highest BCUT2D eigenvalue weighted by atomic mass is 35.5. The zero-order valence-corrected chi connectivity index (χ0v) is 21.6. The van der Waals surface area contributed by atoms with Crippen molar-refractivity contribution in [1.82, 2.24) is 29.8 Å². The van der Waals surface area contributed by atoms with Crippen LogP contribution in [-0.4, -0.2) is 70.0 Å². The third-order valence-electron chi connectivity index (χ3n) is 6.15. The number of nitrogens with zero attached hydrogens (tertiary/aromatic N) is 6. The standard InChI is InChI=1S/C23H19Cl3F2N6O4/c1-9-29-23(34(31-9)15-6-10(24)2-4-12(15)25)22-21(37)19(20(36)16(8-35)38-22)33-7-14(30-32-33)11-3-5-13(26)18(28)17(11)27/h2-7,16,19-22,35-37H,8H2,1H3/t16-,19+,20+,21-,22-/m1/s1. The minimum atomic E-state index is -1.52. The summed E-state index contributed by atoms with van der Waals surface area (Å²) in [4.78, 5) is 4.39. The number of rotatable bonds is 5. The van der Waals surface area contributed by atoms with Crippen LogP contribution in [-0.2, 0) is 4.74 Å². The molecule has 0 radical (unpaired) electrons. The molecule has 1 aliphatic heterocycles. The molecule has 200 valence electrons. The van der Waals surface area contributed by atoms with E-state index in [0.717, 1.165) is 4.68 Å². The van der Waals surface area contributed by atoms with Gasteiger partial charge < -0.3 is 20.1 Å². The SMILES string of the molecule is Cc1nc([C@@H]2O[C@H](CO)[C@H](O)[C@H](n3cc(-c4ccc(Cl)c(F)c4F)nn3)[C@H]2O)n(-c2cc(Cl)ccc2Cl)n1. The van der Waals surface area contributed by atoms with Crippen LogP contribution in [0.5, 0.6) is 0 Å². The lowest BCUT2D eigenvalue weighted by Crippen LogP contribution is -2.53. The van der Waals surface area contributed by atoms with Gasteiger partial charge in [-0.25, -0.2) is 23.1 Å². The molecule has 1 saturated heterocycles. The van der Waals surface area contributed by atoms with Crippen LogP contribution >= 0.6 is 34.8 Å². The third kappa shape index (κ3) is 4.66. The first-order valence-electron chi connectivity index (χ1n) is 11.2. The fourth-order valence-electron chi connectivity index (χ4n) is 4.34. The second kappa shape index (κ2) is 10.5. The Balaban J connectivity index is 1.56. The molecule has 3 heterocycles. The Morgan fingerprint density at radius 3 is 2.50 bits per heavy atom. The molecule has 3 N–H and O–H groups in total. The summed E-state index contributed by atoms with van der Waals surface area (Å²) < 4.78 is 36.8. The van der Waals surface area contributed by atoms with Crippen molar-refractivity contribution in [3.05, 3.63) is 74.9 Å².